The lowest BCUT2D eigenvalue weighted by atomic mass is 9.92. The molecule has 1 heterocycles. The van der Waals surface area contributed by atoms with E-state index in [0.29, 0.717) is 0 Å². The first-order chi connectivity index (χ1) is 9.00. The van der Waals surface area contributed by atoms with Crippen LogP contribution in [0.3, 0.4) is 0 Å². The second kappa shape index (κ2) is 6.04. The van der Waals surface area contributed by atoms with Crippen LogP contribution in [0.5, 0.6) is 0 Å². The van der Waals surface area contributed by atoms with E-state index < -0.39 is 0 Å². The van der Waals surface area contributed by atoms with Crippen LogP contribution in [0.15, 0.2) is 30.3 Å². The lowest BCUT2D eigenvalue weighted by Crippen LogP contribution is -2.43. The van der Waals surface area contributed by atoms with E-state index in [0.717, 1.165) is 26.2 Å². The van der Waals surface area contributed by atoms with E-state index >= 15 is 0 Å². The Labute approximate surface area is 116 Å². The Morgan fingerprint density at radius 1 is 1.21 bits per heavy atom. The maximum Gasteiger partial charge on any atom is 0.0599 e. The molecule has 0 amide bonds. The minimum absolute atomic E-state index is 0.229. The Bertz CT molecular complexity index is 391. The molecule has 1 aromatic rings. The molecule has 0 saturated carbocycles. The summed E-state index contributed by atoms with van der Waals surface area (Å²) in [6.45, 7) is 8.80. The van der Waals surface area contributed by atoms with Gasteiger partial charge in [-0.2, -0.15) is 0 Å². The van der Waals surface area contributed by atoms with E-state index in [2.05, 4.69) is 55.0 Å². The summed E-state index contributed by atoms with van der Waals surface area (Å²) in [5.74, 6) is 0. The van der Waals surface area contributed by atoms with Crippen LogP contribution in [-0.4, -0.2) is 54.2 Å². The summed E-state index contributed by atoms with van der Waals surface area (Å²) < 4.78 is 0. The molecule has 0 aromatic heterocycles. The normalized spacial score (nSPS) is 25.2. The monoisotopic (exact) mass is 262 g/mol. The summed E-state index contributed by atoms with van der Waals surface area (Å²) in [7, 11) is 2.15. The number of hydrogen-bond acceptors (Lipinski definition) is 3. The van der Waals surface area contributed by atoms with Gasteiger partial charge in [0.05, 0.1) is 6.61 Å². The molecular formula is C16H26N2O. The highest BCUT2D eigenvalue weighted by Gasteiger charge is 2.32. The Morgan fingerprint density at radius 3 is 2.53 bits per heavy atom. The molecule has 0 radical (unpaired) electrons. The average Bonchev–Trinajstić information content (AvgIpc) is 2.45. The largest absolute Gasteiger partial charge is 0.395 e. The van der Waals surface area contributed by atoms with Gasteiger partial charge in [-0.15, -0.1) is 0 Å². The zero-order chi connectivity index (χ0) is 13.9. The van der Waals surface area contributed by atoms with Gasteiger partial charge in [0, 0.05) is 32.2 Å². The van der Waals surface area contributed by atoms with Gasteiger partial charge < -0.3 is 10.0 Å². The third-order valence-corrected chi connectivity index (χ3v) is 3.81. The maximum atomic E-state index is 9.68. The second-order valence-corrected chi connectivity index (χ2v) is 6.59. The summed E-state index contributed by atoms with van der Waals surface area (Å²) in [5.41, 5.74) is 1.58. The van der Waals surface area contributed by atoms with Crippen molar-refractivity contribution in [2.75, 3.05) is 33.3 Å². The molecule has 1 saturated heterocycles. The summed E-state index contributed by atoms with van der Waals surface area (Å²) in [6.07, 6.45) is 0. The number of aliphatic hydroxyl groups is 1. The van der Waals surface area contributed by atoms with Crippen molar-refractivity contribution in [3.8, 4) is 0 Å². The Kier molecular flexibility index (Phi) is 4.61. The molecule has 1 atom stereocenters. The van der Waals surface area contributed by atoms with Gasteiger partial charge in [-0.25, -0.2) is 0 Å². The number of nitrogens with zero attached hydrogens (tertiary/aromatic N) is 2. The van der Waals surface area contributed by atoms with E-state index in [4.69, 9.17) is 0 Å². The van der Waals surface area contributed by atoms with Crippen molar-refractivity contribution >= 4 is 0 Å². The summed E-state index contributed by atoms with van der Waals surface area (Å²) in [5, 5.41) is 9.68. The maximum absolute atomic E-state index is 9.68. The first kappa shape index (κ1) is 14.5. The van der Waals surface area contributed by atoms with Crippen LogP contribution in [0, 0.1) is 5.41 Å². The number of hydrogen-bond donors (Lipinski definition) is 1. The van der Waals surface area contributed by atoms with E-state index in [1.165, 1.54) is 5.56 Å². The van der Waals surface area contributed by atoms with E-state index in [1.54, 1.807) is 0 Å². The molecule has 106 valence electrons. The van der Waals surface area contributed by atoms with Gasteiger partial charge in [0.15, 0.2) is 0 Å². The quantitative estimate of drug-likeness (QED) is 0.900. The molecule has 0 bridgehead atoms. The molecule has 1 N–H and O–H groups in total. The molecule has 2 rings (SSSR count). The van der Waals surface area contributed by atoms with E-state index in [9.17, 15) is 5.11 Å². The zero-order valence-electron chi connectivity index (χ0n) is 12.3. The summed E-state index contributed by atoms with van der Waals surface area (Å²) >= 11 is 0. The zero-order valence-corrected chi connectivity index (χ0v) is 12.3. The van der Waals surface area contributed by atoms with Gasteiger partial charge in [0.2, 0.25) is 0 Å². The molecule has 19 heavy (non-hydrogen) atoms. The first-order valence-electron chi connectivity index (χ1n) is 7.07. The fourth-order valence-corrected chi connectivity index (χ4v) is 3.18. The Balaban J connectivity index is 2.14. The number of aliphatic hydroxyl groups excluding tert-OH is 1. The second-order valence-electron chi connectivity index (χ2n) is 6.59. The SMILES string of the molecule is CN1CC(CO)N(Cc2ccccc2)CC(C)(C)C1. The lowest BCUT2D eigenvalue weighted by molar-refractivity contribution is 0.0979. The van der Waals surface area contributed by atoms with Gasteiger partial charge in [-0.3, -0.25) is 4.90 Å². The van der Waals surface area contributed by atoms with Crippen molar-refractivity contribution in [3.63, 3.8) is 0 Å². The van der Waals surface area contributed by atoms with Crippen molar-refractivity contribution in [1.82, 2.24) is 9.80 Å². The van der Waals surface area contributed by atoms with Crippen molar-refractivity contribution in [3.05, 3.63) is 35.9 Å². The highest BCUT2D eigenvalue weighted by molar-refractivity contribution is 5.14. The van der Waals surface area contributed by atoms with Gasteiger partial charge >= 0.3 is 0 Å². The van der Waals surface area contributed by atoms with Crippen LogP contribution in [0.2, 0.25) is 0 Å². The molecule has 1 aromatic carbocycles. The fourth-order valence-electron chi connectivity index (χ4n) is 3.18. The minimum Gasteiger partial charge on any atom is -0.395 e. The van der Waals surface area contributed by atoms with E-state index in [-0.39, 0.29) is 18.1 Å². The fraction of sp³-hybridized carbons (Fsp3) is 0.625. The molecule has 1 aliphatic rings. The predicted molar refractivity (Wildman–Crippen MR) is 79.0 cm³/mol. The van der Waals surface area contributed by atoms with Crippen molar-refractivity contribution < 1.29 is 5.11 Å². The van der Waals surface area contributed by atoms with Gasteiger partial charge in [-0.1, -0.05) is 44.2 Å². The smallest absolute Gasteiger partial charge is 0.0599 e. The molecule has 1 unspecified atom stereocenters. The molecule has 0 aliphatic carbocycles. The standard InChI is InChI=1S/C16H26N2O/c1-16(2)12-17(3)10-15(11-19)18(13-16)9-14-7-5-4-6-8-14/h4-8,15,19H,9-13H2,1-3H3. The van der Waals surface area contributed by atoms with Crippen molar-refractivity contribution in [2.45, 2.75) is 26.4 Å². The van der Waals surface area contributed by atoms with Gasteiger partial charge in [-0.05, 0) is 18.0 Å². The third-order valence-electron chi connectivity index (χ3n) is 3.81. The van der Waals surface area contributed by atoms with Crippen LogP contribution < -0.4 is 0 Å². The Hall–Kier alpha value is -0.900. The lowest BCUT2D eigenvalue weighted by Gasteiger charge is -2.33. The molecule has 1 aliphatic heterocycles. The highest BCUT2D eigenvalue weighted by atomic mass is 16.3. The van der Waals surface area contributed by atoms with Crippen LogP contribution in [-0.2, 0) is 6.54 Å². The molecular weight excluding hydrogens is 236 g/mol. The van der Waals surface area contributed by atoms with Crippen LogP contribution in [0.25, 0.3) is 0 Å². The summed E-state index contributed by atoms with van der Waals surface area (Å²) in [6, 6.07) is 10.8. The number of likely N-dealkylation sites (N-methyl/N-ethyl adjacent to an activating group) is 1. The van der Waals surface area contributed by atoms with Gasteiger partial charge in [0.25, 0.3) is 0 Å². The van der Waals surface area contributed by atoms with Crippen molar-refractivity contribution in [1.29, 1.82) is 0 Å². The third kappa shape index (κ3) is 4.03. The minimum atomic E-state index is 0.229. The van der Waals surface area contributed by atoms with Gasteiger partial charge in [0.1, 0.15) is 0 Å². The van der Waals surface area contributed by atoms with Crippen LogP contribution in [0.1, 0.15) is 19.4 Å². The van der Waals surface area contributed by atoms with E-state index in [1.807, 2.05) is 6.07 Å². The van der Waals surface area contributed by atoms with Crippen molar-refractivity contribution in [2.24, 2.45) is 5.41 Å². The predicted octanol–water partition coefficient (Wildman–Crippen LogP) is 1.82. The Morgan fingerprint density at radius 2 is 1.89 bits per heavy atom. The van der Waals surface area contributed by atoms with Crippen LogP contribution in [0.4, 0.5) is 0 Å². The highest BCUT2D eigenvalue weighted by Crippen LogP contribution is 2.25. The molecule has 1 fully saturated rings. The number of benzene rings is 1. The summed E-state index contributed by atoms with van der Waals surface area (Å²) in [4.78, 5) is 4.77. The molecule has 3 heteroatoms. The molecule has 0 spiro atoms. The molecule has 3 nitrogen and oxygen atoms in total. The average molecular weight is 262 g/mol. The topological polar surface area (TPSA) is 26.7 Å². The number of rotatable bonds is 3. The van der Waals surface area contributed by atoms with Crippen LogP contribution >= 0.6 is 0 Å². The first-order valence-corrected chi connectivity index (χ1v) is 7.07.